The second kappa shape index (κ2) is 4.31. The molecular weight excluding hydrogens is 284 g/mol. The molecule has 0 unspecified atom stereocenters. The molecule has 0 aliphatic heterocycles. The van der Waals surface area contributed by atoms with E-state index in [9.17, 15) is 0 Å². The topological polar surface area (TPSA) is 0 Å². The average Bonchev–Trinajstić information content (AvgIpc) is 2.90. The van der Waals surface area contributed by atoms with Gasteiger partial charge in [0.1, 0.15) is 0 Å². The SMILES string of the molecule is Cc1ccc2c(c1)sc1ccc3cc4ccccc4cc3c12. The van der Waals surface area contributed by atoms with E-state index in [0.29, 0.717) is 0 Å². The van der Waals surface area contributed by atoms with Gasteiger partial charge in [0, 0.05) is 20.2 Å². The molecule has 0 N–H and O–H groups in total. The van der Waals surface area contributed by atoms with Gasteiger partial charge in [0.05, 0.1) is 0 Å². The van der Waals surface area contributed by atoms with Crippen molar-refractivity contribution in [1.82, 2.24) is 0 Å². The number of hydrogen-bond acceptors (Lipinski definition) is 1. The normalized spacial score (nSPS) is 11.9. The Bertz CT molecular complexity index is 1180. The van der Waals surface area contributed by atoms with E-state index in [1.807, 2.05) is 11.3 Å². The van der Waals surface area contributed by atoms with Crippen molar-refractivity contribution in [3.8, 4) is 0 Å². The number of fused-ring (bicyclic) bond motifs is 6. The van der Waals surface area contributed by atoms with Gasteiger partial charge in [0.15, 0.2) is 0 Å². The van der Waals surface area contributed by atoms with Gasteiger partial charge in [-0.3, -0.25) is 0 Å². The highest BCUT2D eigenvalue weighted by atomic mass is 32.1. The fourth-order valence-corrected chi connectivity index (χ4v) is 4.62. The van der Waals surface area contributed by atoms with Crippen LogP contribution in [0.15, 0.2) is 66.7 Å². The lowest BCUT2D eigenvalue weighted by molar-refractivity contribution is 1.52. The molecule has 1 heterocycles. The fraction of sp³-hybridized carbons (Fsp3) is 0.0476. The first-order valence-electron chi connectivity index (χ1n) is 7.54. The van der Waals surface area contributed by atoms with E-state index in [4.69, 9.17) is 0 Å². The summed E-state index contributed by atoms with van der Waals surface area (Å²) >= 11 is 1.90. The summed E-state index contributed by atoms with van der Waals surface area (Å²) in [4.78, 5) is 0. The van der Waals surface area contributed by atoms with Crippen molar-refractivity contribution in [3.63, 3.8) is 0 Å². The Balaban J connectivity index is 2.05. The largest absolute Gasteiger partial charge is 0.135 e. The molecule has 0 spiro atoms. The molecular formula is C21H14S. The Kier molecular flexibility index (Phi) is 2.39. The Morgan fingerprint density at radius 2 is 1.45 bits per heavy atom. The van der Waals surface area contributed by atoms with Gasteiger partial charge >= 0.3 is 0 Å². The van der Waals surface area contributed by atoms with Crippen LogP contribution in [0.25, 0.3) is 41.7 Å². The summed E-state index contributed by atoms with van der Waals surface area (Å²) in [5.74, 6) is 0. The molecule has 0 saturated heterocycles. The van der Waals surface area contributed by atoms with Crippen molar-refractivity contribution >= 4 is 53.1 Å². The molecule has 0 saturated carbocycles. The fourth-order valence-electron chi connectivity index (χ4n) is 3.40. The quantitative estimate of drug-likeness (QED) is 0.280. The minimum Gasteiger partial charge on any atom is -0.135 e. The predicted molar refractivity (Wildman–Crippen MR) is 99.1 cm³/mol. The predicted octanol–water partition coefficient (Wildman–Crippen LogP) is 6.67. The maximum Gasteiger partial charge on any atom is 0.0361 e. The molecule has 104 valence electrons. The Morgan fingerprint density at radius 1 is 0.636 bits per heavy atom. The zero-order chi connectivity index (χ0) is 14.7. The number of rotatable bonds is 0. The third-order valence-corrected chi connectivity index (χ3v) is 5.59. The zero-order valence-corrected chi connectivity index (χ0v) is 13.1. The highest BCUT2D eigenvalue weighted by Gasteiger charge is 2.09. The molecule has 0 radical (unpaired) electrons. The van der Waals surface area contributed by atoms with E-state index < -0.39 is 0 Å². The van der Waals surface area contributed by atoms with Crippen LogP contribution in [0.4, 0.5) is 0 Å². The van der Waals surface area contributed by atoms with Crippen LogP contribution >= 0.6 is 11.3 Å². The second-order valence-electron chi connectivity index (χ2n) is 5.96. The molecule has 22 heavy (non-hydrogen) atoms. The first kappa shape index (κ1) is 12.2. The lowest BCUT2D eigenvalue weighted by atomic mass is 9.99. The van der Waals surface area contributed by atoms with Crippen LogP contribution in [-0.2, 0) is 0 Å². The summed E-state index contributed by atoms with van der Waals surface area (Å²) in [5, 5.41) is 8.10. The Labute approximate surface area is 132 Å². The van der Waals surface area contributed by atoms with Crippen LogP contribution < -0.4 is 0 Å². The van der Waals surface area contributed by atoms with E-state index >= 15 is 0 Å². The molecule has 1 aromatic heterocycles. The number of thiophene rings is 1. The summed E-state index contributed by atoms with van der Waals surface area (Å²) < 4.78 is 2.76. The molecule has 4 aromatic carbocycles. The molecule has 1 heteroatoms. The van der Waals surface area contributed by atoms with Gasteiger partial charge in [0.2, 0.25) is 0 Å². The van der Waals surface area contributed by atoms with Gasteiger partial charge in [-0.25, -0.2) is 0 Å². The van der Waals surface area contributed by atoms with Crippen molar-refractivity contribution in [2.75, 3.05) is 0 Å². The molecule has 0 nitrogen and oxygen atoms in total. The van der Waals surface area contributed by atoms with Crippen molar-refractivity contribution < 1.29 is 0 Å². The van der Waals surface area contributed by atoms with E-state index in [-0.39, 0.29) is 0 Å². The van der Waals surface area contributed by atoms with Crippen LogP contribution in [0.5, 0.6) is 0 Å². The molecule has 0 atom stereocenters. The minimum atomic E-state index is 1.31. The van der Waals surface area contributed by atoms with Gasteiger partial charge in [0.25, 0.3) is 0 Å². The van der Waals surface area contributed by atoms with Gasteiger partial charge < -0.3 is 0 Å². The Morgan fingerprint density at radius 3 is 2.32 bits per heavy atom. The highest BCUT2D eigenvalue weighted by molar-refractivity contribution is 7.26. The molecule has 5 rings (SSSR count). The Hall–Kier alpha value is -2.38. The summed E-state index contributed by atoms with van der Waals surface area (Å²) in [6.07, 6.45) is 0. The van der Waals surface area contributed by atoms with Crippen LogP contribution in [0.2, 0.25) is 0 Å². The second-order valence-corrected chi connectivity index (χ2v) is 7.04. The smallest absolute Gasteiger partial charge is 0.0361 e. The van der Waals surface area contributed by atoms with E-state index in [0.717, 1.165) is 0 Å². The minimum absolute atomic E-state index is 1.31. The third kappa shape index (κ3) is 1.63. The maximum atomic E-state index is 2.35. The molecule has 0 fully saturated rings. The van der Waals surface area contributed by atoms with Gasteiger partial charge in [-0.1, -0.05) is 42.5 Å². The summed E-state index contributed by atoms with van der Waals surface area (Å²) in [6.45, 7) is 2.16. The first-order chi connectivity index (χ1) is 10.8. The number of benzene rings is 4. The monoisotopic (exact) mass is 298 g/mol. The maximum absolute atomic E-state index is 2.35. The van der Waals surface area contributed by atoms with Crippen molar-refractivity contribution in [2.24, 2.45) is 0 Å². The molecule has 5 aromatic rings. The summed E-state index contributed by atoms with van der Waals surface area (Å²) in [6, 6.07) is 24.6. The van der Waals surface area contributed by atoms with Gasteiger partial charge in [-0.2, -0.15) is 0 Å². The lowest BCUT2D eigenvalue weighted by Gasteiger charge is -2.04. The molecule has 0 aliphatic rings. The molecule has 0 bridgehead atoms. The van der Waals surface area contributed by atoms with E-state index in [1.54, 1.807) is 0 Å². The summed E-state index contributed by atoms with van der Waals surface area (Å²) in [5.41, 5.74) is 1.33. The highest BCUT2D eigenvalue weighted by Crippen LogP contribution is 2.39. The van der Waals surface area contributed by atoms with Gasteiger partial charge in [-0.05, 0) is 58.3 Å². The average molecular weight is 298 g/mol. The lowest BCUT2D eigenvalue weighted by Crippen LogP contribution is -1.77. The summed E-state index contributed by atoms with van der Waals surface area (Å²) in [7, 11) is 0. The van der Waals surface area contributed by atoms with Crippen molar-refractivity contribution in [3.05, 3.63) is 72.3 Å². The van der Waals surface area contributed by atoms with Crippen molar-refractivity contribution in [2.45, 2.75) is 6.92 Å². The van der Waals surface area contributed by atoms with Crippen LogP contribution in [0, 0.1) is 6.92 Å². The van der Waals surface area contributed by atoms with E-state index in [2.05, 4.69) is 73.7 Å². The molecule has 0 aliphatic carbocycles. The standard InChI is InChI=1S/C21H14S/c1-13-6-8-17-20(10-13)22-19-9-7-16-11-14-4-2-3-5-15(14)12-18(16)21(17)19/h2-12H,1H3. The van der Waals surface area contributed by atoms with E-state index in [1.165, 1.54) is 47.3 Å². The van der Waals surface area contributed by atoms with Crippen LogP contribution in [-0.4, -0.2) is 0 Å². The van der Waals surface area contributed by atoms with Crippen molar-refractivity contribution in [1.29, 1.82) is 0 Å². The van der Waals surface area contributed by atoms with Gasteiger partial charge in [-0.15, -0.1) is 11.3 Å². The van der Waals surface area contributed by atoms with Crippen LogP contribution in [0.1, 0.15) is 5.56 Å². The van der Waals surface area contributed by atoms with Crippen LogP contribution in [0.3, 0.4) is 0 Å². The zero-order valence-electron chi connectivity index (χ0n) is 12.3. The number of hydrogen-bond donors (Lipinski definition) is 0. The third-order valence-electron chi connectivity index (χ3n) is 4.47. The first-order valence-corrected chi connectivity index (χ1v) is 8.36. The molecule has 0 amide bonds. The number of aryl methyl sites for hydroxylation is 1.